The van der Waals surface area contributed by atoms with Crippen molar-refractivity contribution in [1.82, 2.24) is 15.4 Å². The number of hydrogen-bond donors (Lipinski definition) is 4. The molecule has 0 spiro atoms. The molecule has 0 radical (unpaired) electrons. The van der Waals surface area contributed by atoms with Crippen molar-refractivity contribution in [3.05, 3.63) is 11.6 Å². The van der Waals surface area contributed by atoms with E-state index in [1.165, 1.54) is 6.07 Å². The van der Waals surface area contributed by atoms with Crippen molar-refractivity contribution in [2.24, 2.45) is 0 Å². The number of carbonyl (C=O) groups is 1. The van der Waals surface area contributed by atoms with Gasteiger partial charge >= 0.3 is 0 Å². The Labute approximate surface area is 173 Å². The van der Waals surface area contributed by atoms with E-state index in [9.17, 15) is 21.6 Å². The maximum absolute atomic E-state index is 12.6. The Morgan fingerprint density at radius 2 is 2.07 bits per heavy atom. The van der Waals surface area contributed by atoms with Crippen LogP contribution in [0.5, 0.6) is 0 Å². The first-order valence-electron chi connectivity index (χ1n) is 8.96. The van der Waals surface area contributed by atoms with Gasteiger partial charge in [0.15, 0.2) is 9.84 Å². The number of sulfone groups is 1. The lowest BCUT2D eigenvalue weighted by atomic mass is 10.1. The molecular formula is C15H25N3O8S3. The van der Waals surface area contributed by atoms with Crippen LogP contribution in [0.15, 0.2) is 14.5 Å². The van der Waals surface area contributed by atoms with Gasteiger partial charge in [0.25, 0.3) is 10.0 Å². The average molecular weight is 472 g/mol. The minimum Gasteiger partial charge on any atom is -0.310 e. The SMILES string of the molecule is CCN[C@H]1CC(C)S(=O)(=O)c2sc(S(=O)(=O)NC(=O)CCCCON(O)O)cc21. The summed E-state index contributed by atoms with van der Waals surface area (Å²) in [5.74, 6) is -0.749. The predicted molar refractivity (Wildman–Crippen MR) is 103 cm³/mol. The van der Waals surface area contributed by atoms with Crippen LogP contribution in [0.25, 0.3) is 0 Å². The maximum atomic E-state index is 12.6. The number of unbranched alkanes of at least 4 members (excludes halogenated alkanes) is 1. The van der Waals surface area contributed by atoms with E-state index in [2.05, 4.69) is 10.2 Å². The normalized spacial score (nSPS) is 21.1. The van der Waals surface area contributed by atoms with Crippen LogP contribution in [0, 0.1) is 0 Å². The first kappa shape index (κ1) is 24.1. The fourth-order valence-corrected chi connectivity index (χ4v) is 7.97. The molecule has 2 rings (SSSR count). The molecule has 0 bridgehead atoms. The number of amides is 1. The van der Waals surface area contributed by atoms with Gasteiger partial charge in [-0.2, -0.15) is 0 Å². The van der Waals surface area contributed by atoms with E-state index in [0.29, 0.717) is 36.3 Å². The van der Waals surface area contributed by atoms with E-state index in [1.807, 2.05) is 11.6 Å². The summed E-state index contributed by atoms with van der Waals surface area (Å²) in [6.07, 6.45) is 0.760. The second-order valence-corrected chi connectivity index (χ2v) is 12.1. The lowest BCUT2D eigenvalue weighted by Gasteiger charge is -2.27. The number of sulfonamides is 1. The highest BCUT2D eigenvalue weighted by Gasteiger charge is 2.39. The Kier molecular flexibility index (Phi) is 8.15. The quantitative estimate of drug-likeness (QED) is 0.285. The van der Waals surface area contributed by atoms with E-state index in [1.54, 1.807) is 6.92 Å². The number of thiophene rings is 1. The Balaban J connectivity index is 2.12. The van der Waals surface area contributed by atoms with Gasteiger partial charge in [0.2, 0.25) is 5.91 Å². The Morgan fingerprint density at radius 1 is 1.38 bits per heavy atom. The molecule has 1 unspecified atom stereocenters. The second-order valence-electron chi connectivity index (χ2n) is 6.58. The molecule has 4 N–H and O–H groups in total. The first-order valence-corrected chi connectivity index (χ1v) is 12.8. The molecule has 2 atom stereocenters. The number of rotatable bonds is 10. The maximum Gasteiger partial charge on any atom is 0.273 e. The number of carbonyl (C=O) groups excluding carboxylic acids is 1. The molecule has 0 saturated carbocycles. The van der Waals surface area contributed by atoms with Gasteiger partial charge in [-0.15, -0.1) is 11.3 Å². The van der Waals surface area contributed by atoms with Crippen LogP contribution >= 0.6 is 11.3 Å². The van der Waals surface area contributed by atoms with Crippen LogP contribution in [0.3, 0.4) is 0 Å². The summed E-state index contributed by atoms with van der Waals surface area (Å²) < 4.78 is 52.1. The van der Waals surface area contributed by atoms with Crippen LogP contribution in [0.4, 0.5) is 0 Å². The van der Waals surface area contributed by atoms with E-state index < -0.39 is 36.4 Å². The molecule has 166 valence electrons. The highest BCUT2D eigenvalue weighted by atomic mass is 32.3. The molecule has 1 amide bonds. The summed E-state index contributed by atoms with van der Waals surface area (Å²) in [7, 11) is -7.83. The molecule has 0 aromatic carbocycles. The van der Waals surface area contributed by atoms with E-state index in [0.717, 1.165) is 0 Å². The van der Waals surface area contributed by atoms with Gasteiger partial charge in [-0.1, -0.05) is 6.92 Å². The van der Waals surface area contributed by atoms with Gasteiger partial charge in [-0.25, -0.2) is 21.6 Å². The van der Waals surface area contributed by atoms with Crippen LogP contribution in [-0.4, -0.2) is 56.9 Å². The molecular weight excluding hydrogens is 446 g/mol. The van der Waals surface area contributed by atoms with Crippen molar-refractivity contribution < 1.29 is 36.9 Å². The summed E-state index contributed by atoms with van der Waals surface area (Å²) in [4.78, 5) is 16.3. The summed E-state index contributed by atoms with van der Waals surface area (Å²) in [6.45, 7) is 4.00. The monoisotopic (exact) mass is 471 g/mol. The molecule has 0 aliphatic carbocycles. The van der Waals surface area contributed by atoms with Gasteiger partial charge in [-0.05, 0) is 38.8 Å². The van der Waals surface area contributed by atoms with Crippen molar-refractivity contribution >= 4 is 37.1 Å². The van der Waals surface area contributed by atoms with Crippen molar-refractivity contribution in [2.75, 3.05) is 13.2 Å². The number of fused-ring (bicyclic) bond motifs is 1. The molecule has 14 heteroatoms. The van der Waals surface area contributed by atoms with Crippen molar-refractivity contribution in [3.63, 3.8) is 0 Å². The molecule has 1 aromatic heterocycles. The largest absolute Gasteiger partial charge is 0.310 e. The van der Waals surface area contributed by atoms with Gasteiger partial charge in [0.05, 0.1) is 17.2 Å². The summed E-state index contributed by atoms with van der Waals surface area (Å²) in [5.41, 5.74) is 0.414. The lowest BCUT2D eigenvalue weighted by Crippen LogP contribution is -2.33. The van der Waals surface area contributed by atoms with Crippen LogP contribution in [0.2, 0.25) is 0 Å². The van der Waals surface area contributed by atoms with Crippen molar-refractivity contribution in [3.8, 4) is 0 Å². The zero-order chi connectivity index (χ0) is 21.8. The fourth-order valence-electron chi connectivity index (χ4n) is 2.96. The molecule has 2 heterocycles. The molecule has 11 nitrogen and oxygen atoms in total. The van der Waals surface area contributed by atoms with E-state index in [4.69, 9.17) is 10.4 Å². The van der Waals surface area contributed by atoms with Gasteiger partial charge < -0.3 is 5.32 Å². The minimum atomic E-state index is -4.21. The van der Waals surface area contributed by atoms with Crippen LogP contribution in [0.1, 0.15) is 51.1 Å². The third-order valence-corrected chi connectivity index (χ3v) is 10.1. The minimum absolute atomic E-state index is 0.0183. The average Bonchev–Trinajstić information content (AvgIpc) is 3.07. The smallest absolute Gasteiger partial charge is 0.273 e. The number of nitrogens with zero attached hydrogens (tertiary/aromatic N) is 1. The van der Waals surface area contributed by atoms with Gasteiger partial charge in [0, 0.05) is 18.0 Å². The van der Waals surface area contributed by atoms with Crippen LogP contribution < -0.4 is 10.0 Å². The second kappa shape index (κ2) is 9.78. The summed E-state index contributed by atoms with van der Waals surface area (Å²) >= 11 is 0.648. The zero-order valence-corrected chi connectivity index (χ0v) is 18.4. The van der Waals surface area contributed by atoms with E-state index in [-0.39, 0.29) is 33.9 Å². The molecule has 1 aromatic rings. The standard InChI is InChI=1S/C15H25N3O8S3/c1-3-16-12-8-10(2)28(22,23)15-11(12)9-14(27-15)29(24,25)17-13(19)6-4-5-7-26-18(20)21/h9-10,12,16,20-21H,3-8H2,1-2H3,(H,17,19)/t10?,12-/m0/s1. The Bertz CT molecular complexity index is 927. The fraction of sp³-hybridized carbons (Fsp3) is 0.667. The lowest BCUT2D eigenvalue weighted by molar-refractivity contribution is -0.492. The molecule has 1 aliphatic rings. The van der Waals surface area contributed by atoms with Crippen molar-refractivity contribution in [2.45, 2.75) is 59.2 Å². The van der Waals surface area contributed by atoms with Crippen LogP contribution in [-0.2, 0) is 29.5 Å². The number of hydrogen-bond acceptors (Lipinski definition) is 11. The Morgan fingerprint density at radius 3 is 2.69 bits per heavy atom. The third kappa shape index (κ3) is 5.95. The van der Waals surface area contributed by atoms with Crippen molar-refractivity contribution in [1.29, 1.82) is 0 Å². The topological polar surface area (TPSA) is 162 Å². The summed E-state index contributed by atoms with van der Waals surface area (Å²) in [5, 5.41) is 18.8. The van der Waals surface area contributed by atoms with Gasteiger partial charge in [0.1, 0.15) is 8.42 Å². The third-order valence-electron chi connectivity index (χ3n) is 4.40. The van der Waals surface area contributed by atoms with Gasteiger partial charge in [-0.3, -0.25) is 20.0 Å². The highest BCUT2D eigenvalue weighted by molar-refractivity contribution is 7.95. The van der Waals surface area contributed by atoms with E-state index >= 15 is 0 Å². The molecule has 1 aliphatic heterocycles. The predicted octanol–water partition coefficient (Wildman–Crippen LogP) is 0.952. The number of nitrogens with one attached hydrogen (secondary N) is 2. The molecule has 29 heavy (non-hydrogen) atoms. The first-order chi connectivity index (χ1) is 13.5. The molecule has 0 fully saturated rings. The summed E-state index contributed by atoms with van der Waals surface area (Å²) in [6, 6.07) is 1.04. The molecule has 0 saturated heterocycles. The zero-order valence-electron chi connectivity index (χ0n) is 16.0. The Hall–Kier alpha value is -1.13. The highest BCUT2D eigenvalue weighted by Crippen LogP contribution is 2.42.